The first-order valence-electron chi connectivity index (χ1n) is 9.91. The van der Waals surface area contributed by atoms with E-state index >= 15 is 0 Å². The molecule has 142 valence electrons. The highest BCUT2D eigenvalue weighted by Crippen LogP contribution is 2.33. The average Bonchev–Trinajstić information content (AvgIpc) is 2.85. The van der Waals surface area contributed by atoms with Crippen molar-refractivity contribution in [3.63, 3.8) is 0 Å². The number of hydrogen-bond acceptors (Lipinski definition) is 3. The zero-order valence-corrected chi connectivity index (χ0v) is 15.8. The Bertz CT molecular complexity index is 439. The molecular weight excluding hydrogens is 312 g/mol. The predicted octanol–water partition coefficient (Wildman–Crippen LogP) is 4.74. The monoisotopic (exact) mass is 348 g/mol. The van der Waals surface area contributed by atoms with E-state index in [-0.39, 0.29) is 30.1 Å². The quantitative estimate of drug-likeness (QED) is 0.373. The van der Waals surface area contributed by atoms with Gasteiger partial charge < -0.3 is 10.2 Å². The van der Waals surface area contributed by atoms with Crippen LogP contribution in [0.25, 0.3) is 0 Å². The first kappa shape index (κ1) is 21.9. The minimum atomic E-state index is -0.581. The van der Waals surface area contributed by atoms with Crippen LogP contribution < -0.4 is 0 Å². The van der Waals surface area contributed by atoms with Gasteiger partial charge in [0.2, 0.25) is 0 Å². The summed E-state index contributed by atoms with van der Waals surface area (Å²) in [5.41, 5.74) is 0. The maximum atomic E-state index is 12.2. The minimum absolute atomic E-state index is 0.115. The zero-order valence-electron chi connectivity index (χ0n) is 15.8. The number of Topliss-reactive ketones (excluding diaryl/α,β-unsaturated/α-hetero) is 1. The standard InChI is InChI=1S/C22H36O3/c1-3-5-7-8-9-10-11-15-19-20(22(25)17-21(19)24)16-12-14-18(23)13-6-4-2/h3,10-12,16,18-20,22-23,25H,1,4-9,13-15,17H2,2H3/t18?,19-,20-,22?/m1/s1. The highest BCUT2D eigenvalue weighted by molar-refractivity contribution is 5.84. The number of carbonyl (C=O) groups is 1. The number of rotatable bonds is 13. The molecule has 2 unspecified atom stereocenters. The van der Waals surface area contributed by atoms with E-state index in [1.54, 1.807) is 0 Å². The van der Waals surface area contributed by atoms with Crippen molar-refractivity contribution in [1.82, 2.24) is 0 Å². The third-order valence-electron chi connectivity index (χ3n) is 4.98. The maximum absolute atomic E-state index is 12.2. The van der Waals surface area contributed by atoms with Crippen molar-refractivity contribution < 1.29 is 15.0 Å². The molecule has 0 aromatic carbocycles. The fourth-order valence-corrected chi connectivity index (χ4v) is 3.39. The van der Waals surface area contributed by atoms with Crippen LogP contribution in [0.5, 0.6) is 0 Å². The average molecular weight is 349 g/mol. The van der Waals surface area contributed by atoms with E-state index in [9.17, 15) is 15.0 Å². The molecule has 4 atom stereocenters. The number of carbonyl (C=O) groups excluding carboxylic acids is 1. The number of aliphatic hydroxyl groups excluding tert-OH is 2. The fraction of sp³-hybridized carbons (Fsp3) is 0.682. The van der Waals surface area contributed by atoms with Crippen molar-refractivity contribution in [2.75, 3.05) is 0 Å². The molecule has 0 saturated heterocycles. The molecule has 25 heavy (non-hydrogen) atoms. The van der Waals surface area contributed by atoms with Crippen molar-refractivity contribution in [2.45, 2.75) is 83.3 Å². The Morgan fingerprint density at radius 3 is 2.68 bits per heavy atom. The van der Waals surface area contributed by atoms with Crippen LogP contribution in [0.15, 0.2) is 37.0 Å². The van der Waals surface area contributed by atoms with E-state index in [2.05, 4.69) is 25.7 Å². The topological polar surface area (TPSA) is 57.5 Å². The molecule has 3 nitrogen and oxygen atoms in total. The van der Waals surface area contributed by atoms with Crippen LogP contribution in [0.1, 0.15) is 71.1 Å². The Morgan fingerprint density at radius 1 is 1.20 bits per heavy atom. The van der Waals surface area contributed by atoms with Crippen LogP contribution in [0.2, 0.25) is 0 Å². The second-order valence-electron chi connectivity index (χ2n) is 7.16. The summed E-state index contributed by atoms with van der Waals surface area (Å²) in [5.74, 6) is -0.0789. The molecule has 0 aromatic heterocycles. The van der Waals surface area contributed by atoms with Gasteiger partial charge in [0.15, 0.2) is 0 Å². The van der Waals surface area contributed by atoms with Gasteiger partial charge in [0.25, 0.3) is 0 Å². The Morgan fingerprint density at radius 2 is 1.96 bits per heavy atom. The smallest absolute Gasteiger partial charge is 0.139 e. The van der Waals surface area contributed by atoms with E-state index in [0.717, 1.165) is 44.9 Å². The molecule has 0 bridgehead atoms. The first-order chi connectivity index (χ1) is 12.1. The van der Waals surface area contributed by atoms with Gasteiger partial charge in [0.05, 0.1) is 12.2 Å². The van der Waals surface area contributed by atoms with E-state index in [1.165, 1.54) is 0 Å². The van der Waals surface area contributed by atoms with Crippen molar-refractivity contribution in [3.8, 4) is 0 Å². The Labute approximate surface area is 153 Å². The van der Waals surface area contributed by atoms with Gasteiger partial charge in [0.1, 0.15) is 5.78 Å². The summed E-state index contributed by atoms with van der Waals surface area (Å²) in [6, 6.07) is 0. The molecule has 1 aliphatic carbocycles. The SMILES string of the molecule is C=CCCCCC=CC[C@H]1C(=O)CC(O)[C@@H]1C=CCC(O)CCCC. The van der Waals surface area contributed by atoms with E-state index in [1.807, 2.05) is 18.2 Å². The largest absolute Gasteiger partial charge is 0.393 e. The van der Waals surface area contributed by atoms with Gasteiger partial charge in [-0.1, -0.05) is 50.1 Å². The molecule has 0 spiro atoms. The second-order valence-corrected chi connectivity index (χ2v) is 7.16. The number of aliphatic hydroxyl groups is 2. The third-order valence-corrected chi connectivity index (χ3v) is 4.98. The van der Waals surface area contributed by atoms with Crippen molar-refractivity contribution in [3.05, 3.63) is 37.0 Å². The number of allylic oxidation sites excluding steroid dienone is 3. The summed E-state index contributed by atoms with van der Waals surface area (Å²) in [7, 11) is 0. The molecule has 0 heterocycles. The van der Waals surface area contributed by atoms with Crippen LogP contribution >= 0.6 is 0 Å². The lowest BCUT2D eigenvalue weighted by atomic mass is 9.90. The summed E-state index contributed by atoms with van der Waals surface area (Å²) in [4.78, 5) is 12.2. The summed E-state index contributed by atoms with van der Waals surface area (Å²) >= 11 is 0. The molecule has 0 aromatic rings. The molecule has 1 aliphatic rings. The lowest BCUT2D eigenvalue weighted by Gasteiger charge is -2.16. The Hall–Kier alpha value is -1.19. The Balaban J connectivity index is 2.43. The minimum Gasteiger partial charge on any atom is -0.393 e. The van der Waals surface area contributed by atoms with Crippen LogP contribution in [0, 0.1) is 11.8 Å². The fourth-order valence-electron chi connectivity index (χ4n) is 3.39. The molecular formula is C22H36O3. The summed E-state index contributed by atoms with van der Waals surface area (Å²) in [6.45, 7) is 5.83. The number of hydrogen-bond donors (Lipinski definition) is 2. The Kier molecular flexibility index (Phi) is 11.4. The van der Waals surface area contributed by atoms with Gasteiger partial charge in [-0.15, -0.1) is 6.58 Å². The van der Waals surface area contributed by atoms with Crippen molar-refractivity contribution >= 4 is 5.78 Å². The van der Waals surface area contributed by atoms with Crippen LogP contribution in [-0.4, -0.2) is 28.2 Å². The van der Waals surface area contributed by atoms with Gasteiger partial charge in [-0.05, 0) is 44.9 Å². The van der Waals surface area contributed by atoms with Gasteiger partial charge in [-0.2, -0.15) is 0 Å². The first-order valence-corrected chi connectivity index (χ1v) is 9.91. The van der Waals surface area contributed by atoms with Crippen molar-refractivity contribution in [2.24, 2.45) is 11.8 Å². The number of unbranched alkanes of at least 4 members (excludes halogenated alkanes) is 4. The summed E-state index contributed by atoms with van der Waals surface area (Å²) in [5, 5.41) is 20.1. The van der Waals surface area contributed by atoms with Gasteiger partial charge in [-0.3, -0.25) is 4.79 Å². The molecule has 0 amide bonds. The van der Waals surface area contributed by atoms with E-state index in [4.69, 9.17) is 0 Å². The normalized spacial score (nSPS) is 25.2. The van der Waals surface area contributed by atoms with Gasteiger partial charge in [0, 0.05) is 18.3 Å². The maximum Gasteiger partial charge on any atom is 0.139 e. The van der Waals surface area contributed by atoms with Crippen LogP contribution in [0.3, 0.4) is 0 Å². The van der Waals surface area contributed by atoms with Crippen LogP contribution in [0.4, 0.5) is 0 Å². The number of ketones is 1. The highest BCUT2D eigenvalue weighted by atomic mass is 16.3. The van der Waals surface area contributed by atoms with Gasteiger partial charge >= 0.3 is 0 Å². The molecule has 0 aliphatic heterocycles. The van der Waals surface area contributed by atoms with E-state index in [0.29, 0.717) is 12.8 Å². The summed E-state index contributed by atoms with van der Waals surface area (Å²) in [6.07, 6.45) is 18.0. The third kappa shape index (κ3) is 8.64. The van der Waals surface area contributed by atoms with Gasteiger partial charge in [-0.25, -0.2) is 0 Å². The lowest BCUT2D eigenvalue weighted by Crippen LogP contribution is -2.18. The lowest BCUT2D eigenvalue weighted by molar-refractivity contribution is -0.121. The second kappa shape index (κ2) is 13.1. The molecule has 1 saturated carbocycles. The van der Waals surface area contributed by atoms with Crippen molar-refractivity contribution in [1.29, 1.82) is 0 Å². The molecule has 1 fully saturated rings. The predicted molar refractivity (Wildman–Crippen MR) is 104 cm³/mol. The molecule has 3 heteroatoms. The molecule has 1 rings (SSSR count). The zero-order chi connectivity index (χ0) is 18.5. The summed E-state index contributed by atoms with van der Waals surface area (Å²) < 4.78 is 0. The molecule has 2 N–H and O–H groups in total. The van der Waals surface area contributed by atoms with E-state index < -0.39 is 6.10 Å². The van der Waals surface area contributed by atoms with Crippen LogP contribution in [-0.2, 0) is 4.79 Å². The molecule has 0 radical (unpaired) electrons. The highest BCUT2D eigenvalue weighted by Gasteiger charge is 2.38.